The summed E-state index contributed by atoms with van der Waals surface area (Å²) in [6.45, 7) is 2.15. The van der Waals surface area contributed by atoms with E-state index in [1.807, 2.05) is 6.07 Å². The molecule has 0 aromatic heterocycles. The molecule has 1 amide bonds. The Morgan fingerprint density at radius 1 is 1.28 bits per heavy atom. The Morgan fingerprint density at radius 2 is 2.00 bits per heavy atom. The summed E-state index contributed by atoms with van der Waals surface area (Å²) in [5.74, 6) is -0.677. The van der Waals surface area contributed by atoms with Crippen LogP contribution in [0.2, 0.25) is 10.0 Å². The summed E-state index contributed by atoms with van der Waals surface area (Å²) in [6, 6.07) is 5.33. The van der Waals surface area contributed by atoms with Crippen molar-refractivity contribution in [3.8, 4) is 0 Å². The van der Waals surface area contributed by atoms with Crippen molar-refractivity contribution < 1.29 is 4.79 Å². The van der Waals surface area contributed by atoms with Crippen LogP contribution >= 0.6 is 23.2 Å². The molecule has 0 aliphatic carbocycles. The molecule has 18 heavy (non-hydrogen) atoms. The van der Waals surface area contributed by atoms with Gasteiger partial charge in [0, 0.05) is 0 Å². The summed E-state index contributed by atoms with van der Waals surface area (Å²) in [7, 11) is 0. The van der Waals surface area contributed by atoms with E-state index in [0.717, 1.165) is 24.8 Å². The lowest BCUT2D eigenvalue weighted by Crippen LogP contribution is -2.21. The molecule has 0 saturated carbocycles. The van der Waals surface area contributed by atoms with E-state index in [-0.39, 0.29) is 11.8 Å². The van der Waals surface area contributed by atoms with Gasteiger partial charge in [0.15, 0.2) is 0 Å². The van der Waals surface area contributed by atoms with Gasteiger partial charge < -0.3 is 5.73 Å². The molecule has 1 aromatic carbocycles. The van der Waals surface area contributed by atoms with Crippen LogP contribution in [0.5, 0.6) is 0 Å². The predicted octanol–water partition coefficient (Wildman–Crippen LogP) is 4.53. The van der Waals surface area contributed by atoms with Crippen LogP contribution in [0.25, 0.3) is 0 Å². The molecule has 2 N–H and O–H groups in total. The van der Waals surface area contributed by atoms with Crippen LogP contribution in [0.4, 0.5) is 0 Å². The van der Waals surface area contributed by atoms with Gasteiger partial charge in [0.05, 0.1) is 16.0 Å². The van der Waals surface area contributed by atoms with Gasteiger partial charge in [-0.25, -0.2) is 0 Å². The third-order valence-corrected chi connectivity index (χ3v) is 3.88. The van der Waals surface area contributed by atoms with E-state index in [2.05, 4.69) is 6.92 Å². The highest BCUT2D eigenvalue weighted by molar-refractivity contribution is 6.42. The molecule has 1 unspecified atom stereocenters. The minimum absolute atomic E-state index is 0.337. The quantitative estimate of drug-likeness (QED) is 0.736. The van der Waals surface area contributed by atoms with Gasteiger partial charge in [-0.05, 0) is 18.1 Å². The predicted molar refractivity (Wildman–Crippen MR) is 77.2 cm³/mol. The summed E-state index contributed by atoms with van der Waals surface area (Å²) in [5, 5.41) is 0.910. The lowest BCUT2D eigenvalue weighted by atomic mass is 9.92. The second-order valence-corrected chi connectivity index (χ2v) is 5.23. The molecule has 1 aromatic rings. The zero-order chi connectivity index (χ0) is 13.5. The zero-order valence-electron chi connectivity index (χ0n) is 10.6. The number of benzene rings is 1. The lowest BCUT2D eigenvalue weighted by Gasteiger charge is -2.15. The summed E-state index contributed by atoms with van der Waals surface area (Å²) in [5.41, 5.74) is 6.21. The van der Waals surface area contributed by atoms with Crippen LogP contribution in [0.1, 0.15) is 50.5 Å². The third-order valence-electron chi connectivity index (χ3n) is 3.05. The Kier molecular flexibility index (Phi) is 6.51. The SMILES string of the molecule is CCCCCCC(C(N)=O)c1cccc(Cl)c1Cl. The highest BCUT2D eigenvalue weighted by atomic mass is 35.5. The maximum atomic E-state index is 11.5. The minimum Gasteiger partial charge on any atom is -0.369 e. The molecule has 0 aliphatic heterocycles. The maximum absolute atomic E-state index is 11.5. The number of halogens is 2. The van der Waals surface area contributed by atoms with E-state index in [1.165, 1.54) is 12.8 Å². The number of amides is 1. The molecule has 0 bridgehead atoms. The van der Waals surface area contributed by atoms with Crippen molar-refractivity contribution in [1.82, 2.24) is 0 Å². The number of hydrogen-bond acceptors (Lipinski definition) is 1. The Balaban J connectivity index is 2.78. The standard InChI is InChI=1S/C14H19Cl2NO/c1-2-3-4-5-7-11(14(17)18)10-8-6-9-12(15)13(10)16/h6,8-9,11H,2-5,7H2,1H3,(H2,17,18). The van der Waals surface area contributed by atoms with Crippen molar-refractivity contribution in [2.24, 2.45) is 5.73 Å². The molecule has 0 radical (unpaired) electrons. The Morgan fingerprint density at radius 3 is 2.61 bits per heavy atom. The molecule has 4 heteroatoms. The topological polar surface area (TPSA) is 43.1 Å². The van der Waals surface area contributed by atoms with Crippen molar-refractivity contribution in [2.75, 3.05) is 0 Å². The number of carbonyl (C=O) groups is 1. The zero-order valence-corrected chi connectivity index (χ0v) is 12.1. The van der Waals surface area contributed by atoms with Gasteiger partial charge in [0.1, 0.15) is 0 Å². The fraction of sp³-hybridized carbons (Fsp3) is 0.500. The van der Waals surface area contributed by atoms with E-state index in [4.69, 9.17) is 28.9 Å². The first-order valence-electron chi connectivity index (χ1n) is 6.31. The van der Waals surface area contributed by atoms with Gasteiger partial charge in [-0.3, -0.25) is 4.79 Å². The van der Waals surface area contributed by atoms with Gasteiger partial charge in [-0.2, -0.15) is 0 Å². The van der Waals surface area contributed by atoms with Gasteiger partial charge in [0.25, 0.3) is 0 Å². The number of hydrogen-bond donors (Lipinski definition) is 1. The molecule has 100 valence electrons. The molecule has 2 nitrogen and oxygen atoms in total. The maximum Gasteiger partial charge on any atom is 0.225 e. The number of nitrogens with two attached hydrogens (primary N) is 1. The number of unbranched alkanes of at least 4 members (excludes halogenated alkanes) is 3. The summed E-state index contributed by atoms with van der Waals surface area (Å²) in [4.78, 5) is 11.5. The number of primary amides is 1. The number of carbonyl (C=O) groups excluding carboxylic acids is 1. The summed E-state index contributed by atoms with van der Waals surface area (Å²) < 4.78 is 0. The molecular weight excluding hydrogens is 269 g/mol. The molecule has 1 rings (SSSR count). The minimum atomic E-state index is -0.340. The van der Waals surface area contributed by atoms with E-state index in [1.54, 1.807) is 12.1 Å². The van der Waals surface area contributed by atoms with Crippen molar-refractivity contribution in [3.05, 3.63) is 33.8 Å². The van der Waals surface area contributed by atoms with Crippen molar-refractivity contribution in [3.63, 3.8) is 0 Å². The first-order chi connectivity index (χ1) is 8.57. The van der Waals surface area contributed by atoms with Crippen LogP contribution in [-0.4, -0.2) is 5.91 Å². The van der Waals surface area contributed by atoms with Crippen molar-refractivity contribution in [1.29, 1.82) is 0 Å². The van der Waals surface area contributed by atoms with Crippen LogP contribution in [0.15, 0.2) is 18.2 Å². The van der Waals surface area contributed by atoms with Gasteiger partial charge in [0.2, 0.25) is 5.91 Å². The first-order valence-corrected chi connectivity index (χ1v) is 7.06. The Labute approximate surface area is 118 Å². The molecule has 0 saturated heterocycles. The summed E-state index contributed by atoms with van der Waals surface area (Å²) >= 11 is 12.1. The summed E-state index contributed by atoms with van der Waals surface area (Å²) in [6.07, 6.45) is 5.16. The molecule has 0 aliphatic rings. The van der Waals surface area contributed by atoms with Crippen LogP contribution in [-0.2, 0) is 4.79 Å². The van der Waals surface area contributed by atoms with Gasteiger partial charge in [-0.1, -0.05) is 67.9 Å². The smallest absolute Gasteiger partial charge is 0.225 e. The first kappa shape index (κ1) is 15.3. The third kappa shape index (κ3) is 4.18. The lowest BCUT2D eigenvalue weighted by molar-refractivity contribution is -0.119. The van der Waals surface area contributed by atoms with Crippen LogP contribution in [0.3, 0.4) is 0 Å². The molecule has 0 spiro atoms. The average Bonchev–Trinajstić information content (AvgIpc) is 2.33. The van der Waals surface area contributed by atoms with Gasteiger partial charge >= 0.3 is 0 Å². The number of rotatable bonds is 7. The fourth-order valence-electron chi connectivity index (χ4n) is 2.02. The second-order valence-electron chi connectivity index (χ2n) is 4.45. The largest absolute Gasteiger partial charge is 0.369 e. The normalized spacial score (nSPS) is 12.4. The Bertz CT molecular complexity index is 407. The van der Waals surface area contributed by atoms with E-state index >= 15 is 0 Å². The van der Waals surface area contributed by atoms with Crippen molar-refractivity contribution >= 4 is 29.1 Å². The highest BCUT2D eigenvalue weighted by Crippen LogP contribution is 2.33. The molecular formula is C14H19Cl2NO. The molecule has 0 fully saturated rings. The highest BCUT2D eigenvalue weighted by Gasteiger charge is 2.21. The van der Waals surface area contributed by atoms with Crippen molar-refractivity contribution in [2.45, 2.75) is 44.9 Å². The van der Waals surface area contributed by atoms with E-state index in [0.29, 0.717) is 10.0 Å². The second kappa shape index (κ2) is 7.65. The fourth-order valence-corrected chi connectivity index (χ4v) is 2.46. The van der Waals surface area contributed by atoms with E-state index in [9.17, 15) is 4.79 Å². The average molecular weight is 288 g/mol. The monoisotopic (exact) mass is 287 g/mol. The van der Waals surface area contributed by atoms with Gasteiger partial charge in [-0.15, -0.1) is 0 Å². The Hall–Kier alpha value is -0.730. The van der Waals surface area contributed by atoms with E-state index < -0.39 is 0 Å². The van der Waals surface area contributed by atoms with Crippen LogP contribution < -0.4 is 5.73 Å². The molecule has 1 atom stereocenters. The molecule has 0 heterocycles. The van der Waals surface area contributed by atoms with Crippen LogP contribution in [0, 0.1) is 0 Å².